The number of hydrogen-bond acceptors (Lipinski definition) is 13. The zero-order valence-electron chi connectivity index (χ0n) is 32.7. The fraction of sp³-hybridized carbons (Fsp3) is 0.279. The Morgan fingerprint density at radius 2 is 1.43 bits per heavy atom. The minimum Gasteiger partial charge on any atom is -0.497 e. The van der Waals surface area contributed by atoms with Crippen LogP contribution in [-0.2, 0) is 29.6 Å². The van der Waals surface area contributed by atoms with Crippen LogP contribution in [0.1, 0.15) is 33.3 Å². The number of rotatable bonds is 12. The largest absolute Gasteiger partial charge is 0.497 e. The molecule has 0 unspecified atom stereocenters. The summed E-state index contributed by atoms with van der Waals surface area (Å²) in [5.74, 6) is 0.932. The summed E-state index contributed by atoms with van der Waals surface area (Å²) in [5, 5.41) is 15.0. The van der Waals surface area contributed by atoms with Crippen molar-refractivity contribution in [1.82, 2.24) is 24.4 Å². The van der Waals surface area contributed by atoms with Crippen LogP contribution in [0.5, 0.6) is 11.5 Å². The van der Waals surface area contributed by atoms with Crippen molar-refractivity contribution in [2.75, 3.05) is 50.7 Å². The van der Waals surface area contributed by atoms with Gasteiger partial charge in [-0.1, -0.05) is 72.8 Å². The second kappa shape index (κ2) is 17.3. The normalized spacial score (nSPS) is 20.1. The highest BCUT2D eigenvalue weighted by Crippen LogP contribution is 2.43. The van der Waals surface area contributed by atoms with E-state index in [-0.39, 0.29) is 59.3 Å². The van der Waals surface area contributed by atoms with Crippen LogP contribution in [0.25, 0.3) is 11.2 Å². The number of aromatic nitrogens is 4. The van der Waals surface area contributed by atoms with Gasteiger partial charge in [0.25, 0.3) is 11.1 Å². The van der Waals surface area contributed by atoms with Gasteiger partial charge in [-0.15, -0.1) is 0 Å². The molecule has 8 rings (SSSR count). The first-order valence-corrected chi connectivity index (χ1v) is 21.3. The molecule has 60 heavy (non-hydrogen) atoms. The molecule has 0 aliphatic carbocycles. The van der Waals surface area contributed by atoms with Crippen molar-refractivity contribution in [3.63, 3.8) is 0 Å². The van der Waals surface area contributed by atoms with E-state index in [1.54, 1.807) is 48.0 Å². The van der Waals surface area contributed by atoms with E-state index in [0.29, 0.717) is 17.1 Å². The summed E-state index contributed by atoms with van der Waals surface area (Å²) in [6.07, 6.45) is -1.81. The molecule has 310 valence electrons. The van der Waals surface area contributed by atoms with E-state index in [0.717, 1.165) is 16.7 Å². The quantitative estimate of drug-likeness (QED) is 0.127. The van der Waals surface area contributed by atoms with Crippen molar-refractivity contribution < 1.29 is 42.0 Å². The van der Waals surface area contributed by atoms with E-state index in [1.165, 1.54) is 12.7 Å². The molecule has 6 aromatic rings. The van der Waals surface area contributed by atoms with Crippen molar-refractivity contribution in [1.29, 1.82) is 0 Å². The Morgan fingerprint density at radius 3 is 2.03 bits per heavy atom. The predicted molar refractivity (Wildman–Crippen MR) is 226 cm³/mol. The average molecular weight is 851 g/mol. The summed E-state index contributed by atoms with van der Waals surface area (Å²) in [4.78, 5) is 28.1. The maximum absolute atomic E-state index is 13.1. The molecule has 2 saturated heterocycles. The third kappa shape index (κ3) is 8.13. The fourth-order valence-electron chi connectivity index (χ4n) is 7.47. The van der Waals surface area contributed by atoms with Gasteiger partial charge in [0.1, 0.15) is 35.6 Å². The molecule has 4 aromatic carbocycles. The van der Waals surface area contributed by atoms with Gasteiger partial charge in [0.2, 0.25) is 0 Å². The Bertz CT molecular complexity index is 2500. The molecule has 2 fully saturated rings. The van der Waals surface area contributed by atoms with Crippen LogP contribution >= 0.6 is 12.2 Å². The minimum atomic E-state index is -3.21. The summed E-state index contributed by atoms with van der Waals surface area (Å²) >= 11 is 5.72. The van der Waals surface area contributed by atoms with Gasteiger partial charge in [-0.3, -0.25) is 9.36 Å². The van der Waals surface area contributed by atoms with Crippen LogP contribution in [0.4, 0.5) is 5.82 Å². The van der Waals surface area contributed by atoms with E-state index in [9.17, 15) is 18.3 Å². The molecular formula is C43H42N6O9S2. The molecule has 0 saturated carbocycles. The Morgan fingerprint density at radius 1 is 0.850 bits per heavy atom. The van der Waals surface area contributed by atoms with Gasteiger partial charge in [0.05, 0.1) is 38.7 Å². The lowest BCUT2D eigenvalue weighted by Crippen LogP contribution is -2.47. The standard InChI is InChI=1S/C43H42N6O9S2/c1-54-32-17-13-30(14-18-32)43(29-11-7-4-8-12-29,31-15-19-33(55-2)20-16-31)56-25-34-36(50)37(58-42(59)48-21-23-60(52,53)24-22-48)41(57-34)49-27-46-35-38(44-26-45-39(35)49)47-40(51)28-9-5-3-6-10-28/h3-20,26-27,34,36-37,41,50H,21-25H2,1-2H3,(H,44,45,47,51)/t34-,36-,37-,41-/m1/s1. The first-order chi connectivity index (χ1) is 29.1. The molecule has 2 N–H and O–H groups in total. The second-order valence-corrected chi connectivity index (χ2v) is 16.9. The smallest absolute Gasteiger partial charge is 0.259 e. The van der Waals surface area contributed by atoms with Crippen molar-refractivity contribution in [3.8, 4) is 11.5 Å². The van der Waals surface area contributed by atoms with E-state index >= 15 is 0 Å². The van der Waals surface area contributed by atoms with Crippen molar-refractivity contribution >= 4 is 50.1 Å². The molecule has 2 aromatic heterocycles. The third-order valence-corrected chi connectivity index (χ3v) is 12.7. The van der Waals surface area contributed by atoms with Gasteiger partial charge in [0.15, 0.2) is 39.2 Å². The number of aliphatic hydroxyl groups excluding tert-OH is 1. The van der Waals surface area contributed by atoms with Gasteiger partial charge < -0.3 is 39.0 Å². The van der Waals surface area contributed by atoms with Gasteiger partial charge in [-0.25, -0.2) is 23.4 Å². The third-order valence-electron chi connectivity index (χ3n) is 10.7. The van der Waals surface area contributed by atoms with Crippen molar-refractivity contribution in [2.24, 2.45) is 0 Å². The molecule has 1 amide bonds. The molecule has 4 heterocycles. The Balaban J connectivity index is 1.16. The number of nitrogens with one attached hydrogen (secondary N) is 1. The van der Waals surface area contributed by atoms with Gasteiger partial charge in [0, 0.05) is 18.7 Å². The van der Waals surface area contributed by atoms with Gasteiger partial charge >= 0.3 is 0 Å². The molecule has 2 aliphatic heterocycles. The molecule has 4 atom stereocenters. The number of fused-ring (bicyclic) bond motifs is 1. The number of methoxy groups -OCH3 is 2. The van der Waals surface area contributed by atoms with Crippen molar-refractivity contribution in [2.45, 2.75) is 30.1 Å². The minimum absolute atomic E-state index is 0.00840. The van der Waals surface area contributed by atoms with Gasteiger partial charge in [-0.05, 0) is 65.3 Å². The highest BCUT2D eigenvalue weighted by atomic mass is 32.2. The van der Waals surface area contributed by atoms with Crippen LogP contribution in [-0.4, -0.2) is 113 Å². The monoisotopic (exact) mass is 850 g/mol. The number of amides is 1. The predicted octanol–water partition coefficient (Wildman–Crippen LogP) is 4.76. The van der Waals surface area contributed by atoms with Crippen LogP contribution in [0, 0.1) is 0 Å². The zero-order chi connectivity index (χ0) is 41.9. The summed E-state index contributed by atoms with van der Waals surface area (Å²) in [6, 6.07) is 33.6. The average Bonchev–Trinajstić information content (AvgIpc) is 3.85. The number of benzene rings is 4. The number of sulfone groups is 1. The number of thiocarbonyl (C=S) groups is 1. The Hall–Kier alpha value is -5.98. The number of carbonyl (C=O) groups excluding carboxylic acids is 1. The van der Waals surface area contributed by atoms with Crippen LogP contribution in [0.3, 0.4) is 0 Å². The molecule has 15 nitrogen and oxygen atoms in total. The number of carbonyl (C=O) groups is 1. The first-order valence-electron chi connectivity index (χ1n) is 19.1. The number of ether oxygens (including phenoxy) is 5. The number of nitrogens with zero attached hydrogens (tertiary/aromatic N) is 5. The van der Waals surface area contributed by atoms with Crippen molar-refractivity contribution in [3.05, 3.63) is 144 Å². The second-order valence-electron chi connectivity index (χ2n) is 14.2. The number of aliphatic hydroxyl groups is 1. The molecule has 0 radical (unpaired) electrons. The summed E-state index contributed by atoms with van der Waals surface area (Å²) in [5.41, 5.74) is 2.11. The molecule has 17 heteroatoms. The van der Waals surface area contributed by atoms with E-state index in [2.05, 4.69) is 20.3 Å². The Labute approximate surface area is 351 Å². The lowest BCUT2D eigenvalue weighted by molar-refractivity contribution is -0.0941. The number of imidazole rings is 1. The lowest BCUT2D eigenvalue weighted by atomic mass is 9.80. The molecular weight excluding hydrogens is 809 g/mol. The molecule has 0 bridgehead atoms. The Kier molecular flexibility index (Phi) is 11.8. The van der Waals surface area contributed by atoms with Crippen LogP contribution < -0.4 is 14.8 Å². The summed E-state index contributed by atoms with van der Waals surface area (Å²) < 4.78 is 57.2. The molecule has 2 aliphatic rings. The fourth-order valence-corrected chi connectivity index (χ4v) is 8.97. The zero-order valence-corrected chi connectivity index (χ0v) is 34.3. The summed E-state index contributed by atoms with van der Waals surface area (Å²) in [6.45, 7) is 0.118. The highest BCUT2D eigenvalue weighted by molar-refractivity contribution is 7.91. The lowest BCUT2D eigenvalue weighted by Gasteiger charge is -2.37. The van der Waals surface area contributed by atoms with Gasteiger partial charge in [-0.2, -0.15) is 0 Å². The summed E-state index contributed by atoms with van der Waals surface area (Å²) in [7, 11) is -0.0127. The number of hydrogen-bond donors (Lipinski definition) is 2. The maximum atomic E-state index is 13.1. The SMILES string of the molecule is COc1ccc(C(OC[C@H]2O[C@@H](n3cnc4c(NC(=O)c5ccccc5)ncnc43)[C@H](OC(=S)N3CCS(=O)(=O)CC3)[C@@H]2O)(c2ccccc2)c2ccc(OC)cc2)cc1. The topological polar surface area (TPSA) is 176 Å². The molecule has 0 spiro atoms. The van der Waals surface area contributed by atoms with E-state index < -0.39 is 40.0 Å². The van der Waals surface area contributed by atoms with Crippen LogP contribution in [0.2, 0.25) is 0 Å². The van der Waals surface area contributed by atoms with Crippen LogP contribution in [0.15, 0.2) is 122 Å². The number of anilines is 1. The first kappa shape index (κ1) is 40.8. The van der Waals surface area contributed by atoms with E-state index in [4.69, 9.17) is 35.9 Å². The highest BCUT2D eigenvalue weighted by Gasteiger charge is 2.50. The van der Waals surface area contributed by atoms with E-state index in [1.807, 2.05) is 84.9 Å². The maximum Gasteiger partial charge on any atom is 0.259 e.